The monoisotopic (exact) mass is 204 g/mol. The number of pyridine rings is 1. The van der Waals surface area contributed by atoms with Gasteiger partial charge >= 0.3 is 0 Å². The number of rotatable bonds is 3. The summed E-state index contributed by atoms with van der Waals surface area (Å²) in [7, 11) is 0. The zero-order chi connectivity index (χ0) is 10.7. The Morgan fingerprint density at radius 3 is 2.47 bits per heavy atom. The third-order valence-electron chi connectivity index (χ3n) is 2.11. The summed E-state index contributed by atoms with van der Waals surface area (Å²) in [4.78, 5) is 10.9. The Hall–Kier alpha value is -2.04. The van der Waals surface area contributed by atoms with E-state index in [-0.39, 0.29) is 5.43 Å². The summed E-state index contributed by atoms with van der Waals surface area (Å²) in [5, 5.41) is 4.06. The lowest BCUT2D eigenvalue weighted by molar-refractivity contribution is 0.533. The lowest BCUT2D eigenvalue weighted by Crippen LogP contribution is -2.10. The van der Waals surface area contributed by atoms with Crippen LogP contribution in [-0.4, -0.2) is 14.3 Å². The molecule has 0 amide bonds. The maximum Gasteiger partial charge on any atom is 0.181 e. The fourth-order valence-electron chi connectivity index (χ4n) is 1.31. The number of nitrogen functional groups attached to an aromatic ring is 1. The number of anilines is 1. The van der Waals surface area contributed by atoms with Crippen molar-refractivity contribution in [3.63, 3.8) is 0 Å². The minimum atomic E-state index is 0.0228. The van der Waals surface area contributed by atoms with Crippen LogP contribution in [0.3, 0.4) is 0 Å². The average molecular weight is 204 g/mol. The van der Waals surface area contributed by atoms with Gasteiger partial charge in [0.1, 0.15) is 5.82 Å². The van der Waals surface area contributed by atoms with Crippen LogP contribution < -0.4 is 11.2 Å². The van der Waals surface area contributed by atoms with Gasteiger partial charge in [0.15, 0.2) is 5.43 Å². The van der Waals surface area contributed by atoms with Crippen molar-refractivity contribution in [1.82, 2.24) is 14.3 Å². The highest BCUT2D eigenvalue weighted by Gasteiger charge is 1.94. The van der Waals surface area contributed by atoms with Crippen LogP contribution >= 0.6 is 0 Å². The molecule has 0 bridgehead atoms. The van der Waals surface area contributed by atoms with E-state index < -0.39 is 0 Å². The molecular weight excluding hydrogens is 192 g/mol. The van der Waals surface area contributed by atoms with Crippen molar-refractivity contribution in [3.05, 3.63) is 47.0 Å². The van der Waals surface area contributed by atoms with Gasteiger partial charge in [-0.05, 0) is 6.07 Å². The van der Waals surface area contributed by atoms with Crippen LogP contribution in [0.25, 0.3) is 0 Å². The second kappa shape index (κ2) is 4.00. The number of aromatic nitrogens is 3. The van der Waals surface area contributed by atoms with Crippen LogP contribution in [0.2, 0.25) is 0 Å². The summed E-state index contributed by atoms with van der Waals surface area (Å²) in [6, 6.07) is 4.83. The van der Waals surface area contributed by atoms with E-state index in [1.165, 1.54) is 12.1 Å². The molecule has 0 saturated heterocycles. The lowest BCUT2D eigenvalue weighted by atomic mass is 10.4. The Balaban J connectivity index is 1.99. The molecule has 15 heavy (non-hydrogen) atoms. The van der Waals surface area contributed by atoms with Crippen molar-refractivity contribution in [2.24, 2.45) is 0 Å². The molecule has 0 radical (unpaired) electrons. The number of hydrogen-bond acceptors (Lipinski definition) is 3. The van der Waals surface area contributed by atoms with E-state index in [1.54, 1.807) is 23.1 Å². The van der Waals surface area contributed by atoms with Crippen molar-refractivity contribution in [3.8, 4) is 0 Å². The van der Waals surface area contributed by atoms with Gasteiger partial charge in [-0.25, -0.2) is 0 Å². The zero-order valence-electron chi connectivity index (χ0n) is 8.21. The Morgan fingerprint density at radius 1 is 1.13 bits per heavy atom. The summed E-state index contributed by atoms with van der Waals surface area (Å²) in [5.74, 6) is 0.523. The van der Waals surface area contributed by atoms with Gasteiger partial charge in [0.05, 0.1) is 6.54 Å². The molecular formula is C10H12N4O. The predicted octanol–water partition coefficient (Wildman–Crippen LogP) is 0.327. The van der Waals surface area contributed by atoms with Crippen molar-refractivity contribution < 1.29 is 0 Å². The fraction of sp³-hybridized carbons (Fsp3) is 0.200. The number of hydrogen-bond donors (Lipinski definition) is 1. The van der Waals surface area contributed by atoms with Crippen LogP contribution in [0.1, 0.15) is 0 Å². The van der Waals surface area contributed by atoms with Gasteiger partial charge < -0.3 is 10.3 Å². The maximum absolute atomic E-state index is 10.9. The summed E-state index contributed by atoms with van der Waals surface area (Å²) in [6.45, 7) is 1.50. The molecule has 0 aromatic carbocycles. The SMILES string of the molecule is Nc1ccn(CCn2ccc(=O)cc2)n1. The summed E-state index contributed by atoms with van der Waals surface area (Å²) in [6.07, 6.45) is 5.35. The fourth-order valence-corrected chi connectivity index (χ4v) is 1.31. The Kier molecular flexibility index (Phi) is 2.53. The van der Waals surface area contributed by atoms with E-state index in [1.807, 2.05) is 10.8 Å². The maximum atomic E-state index is 10.9. The van der Waals surface area contributed by atoms with E-state index in [2.05, 4.69) is 5.10 Å². The van der Waals surface area contributed by atoms with Crippen molar-refractivity contribution in [2.75, 3.05) is 5.73 Å². The molecule has 2 heterocycles. The summed E-state index contributed by atoms with van der Waals surface area (Å²) < 4.78 is 3.70. The van der Waals surface area contributed by atoms with E-state index in [4.69, 9.17) is 5.73 Å². The van der Waals surface area contributed by atoms with Gasteiger partial charge in [-0.1, -0.05) is 0 Å². The highest BCUT2D eigenvalue weighted by molar-refractivity contribution is 5.23. The first kappa shape index (κ1) is 9.51. The molecule has 2 rings (SSSR count). The lowest BCUT2D eigenvalue weighted by Gasteiger charge is -2.05. The second-order valence-electron chi connectivity index (χ2n) is 3.28. The van der Waals surface area contributed by atoms with E-state index in [9.17, 15) is 4.79 Å². The van der Waals surface area contributed by atoms with Gasteiger partial charge in [-0.15, -0.1) is 0 Å². The zero-order valence-corrected chi connectivity index (χ0v) is 8.21. The van der Waals surface area contributed by atoms with Gasteiger partial charge in [-0.2, -0.15) is 5.10 Å². The molecule has 2 aromatic rings. The summed E-state index contributed by atoms with van der Waals surface area (Å²) in [5.41, 5.74) is 5.51. The molecule has 2 N–H and O–H groups in total. The summed E-state index contributed by atoms with van der Waals surface area (Å²) >= 11 is 0. The molecule has 0 fully saturated rings. The van der Waals surface area contributed by atoms with Gasteiger partial charge in [0, 0.05) is 37.3 Å². The average Bonchev–Trinajstić information content (AvgIpc) is 2.64. The van der Waals surface area contributed by atoms with Crippen LogP contribution in [0.5, 0.6) is 0 Å². The van der Waals surface area contributed by atoms with Crippen molar-refractivity contribution in [1.29, 1.82) is 0 Å². The molecule has 0 saturated carbocycles. The van der Waals surface area contributed by atoms with Crippen molar-refractivity contribution >= 4 is 5.82 Å². The molecule has 0 spiro atoms. The molecule has 0 unspecified atom stereocenters. The Bertz CT molecular complexity index is 480. The van der Waals surface area contributed by atoms with Crippen LogP contribution in [-0.2, 0) is 13.1 Å². The molecule has 0 aliphatic rings. The van der Waals surface area contributed by atoms with E-state index >= 15 is 0 Å². The van der Waals surface area contributed by atoms with Crippen LogP contribution in [0, 0.1) is 0 Å². The van der Waals surface area contributed by atoms with Gasteiger partial charge in [-0.3, -0.25) is 9.48 Å². The minimum Gasteiger partial charge on any atom is -0.382 e. The highest BCUT2D eigenvalue weighted by atomic mass is 16.1. The number of nitrogens with zero attached hydrogens (tertiary/aromatic N) is 3. The minimum absolute atomic E-state index is 0.0228. The first-order chi connectivity index (χ1) is 7.24. The molecule has 5 heteroatoms. The number of aryl methyl sites for hydroxylation is 2. The van der Waals surface area contributed by atoms with Crippen molar-refractivity contribution in [2.45, 2.75) is 13.1 Å². The molecule has 0 aliphatic heterocycles. The molecule has 5 nitrogen and oxygen atoms in total. The quantitative estimate of drug-likeness (QED) is 0.783. The van der Waals surface area contributed by atoms with Gasteiger partial charge in [0.25, 0.3) is 0 Å². The predicted molar refractivity (Wildman–Crippen MR) is 57.3 cm³/mol. The Labute approximate surface area is 86.8 Å². The smallest absolute Gasteiger partial charge is 0.181 e. The third kappa shape index (κ3) is 2.46. The molecule has 78 valence electrons. The Morgan fingerprint density at radius 2 is 1.87 bits per heavy atom. The second-order valence-corrected chi connectivity index (χ2v) is 3.28. The van der Waals surface area contributed by atoms with E-state index in [0.29, 0.717) is 5.82 Å². The normalized spacial score (nSPS) is 10.4. The highest BCUT2D eigenvalue weighted by Crippen LogP contribution is 1.96. The van der Waals surface area contributed by atoms with Crippen LogP contribution in [0.15, 0.2) is 41.6 Å². The van der Waals surface area contributed by atoms with E-state index in [0.717, 1.165) is 13.1 Å². The largest absolute Gasteiger partial charge is 0.382 e. The number of nitrogens with two attached hydrogens (primary N) is 1. The topological polar surface area (TPSA) is 65.8 Å². The molecule has 2 aromatic heterocycles. The first-order valence-electron chi connectivity index (χ1n) is 4.69. The third-order valence-corrected chi connectivity index (χ3v) is 2.11. The standard InChI is InChI=1S/C10H12N4O/c11-10-3-6-14(12-10)8-7-13-4-1-9(15)2-5-13/h1-6H,7-8H2,(H2,11,12). The molecule has 0 atom stereocenters. The van der Waals surface area contributed by atoms with Gasteiger partial charge in [0.2, 0.25) is 0 Å². The van der Waals surface area contributed by atoms with Crippen LogP contribution in [0.4, 0.5) is 5.82 Å². The first-order valence-corrected chi connectivity index (χ1v) is 4.69. The molecule has 0 aliphatic carbocycles.